The lowest BCUT2D eigenvalue weighted by molar-refractivity contribution is -0.133. The van der Waals surface area contributed by atoms with E-state index in [1.54, 1.807) is 10.8 Å². The molecule has 4 N–H and O–H groups in total. The highest BCUT2D eigenvalue weighted by Gasteiger charge is 2.60. The maximum Gasteiger partial charge on any atom is 0.407 e. The van der Waals surface area contributed by atoms with Crippen molar-refractivity contribution in [2.75, 3.05) is 24.6 Å². The second kappa shape index (κ2) is 16.8. The molecule has 0 radical (unpaired) electrons. The first-order chi connectivity index (χ1) is 21.4. The van der Waals surface area contributed by atoms with E-state index in [0.717, 1.165) is 60.5 Å². The van der Waals surface area contributed by atoms with Gasteiger partial charge < -0.3 is 20.9 Å². The molecule has 0 saturated heterocycles. The molecule has 45 heavy (non-hydrogen) atoms. The number of amidine groups is 1. The number of ether oxygens (including phenoxy) is 1. The van der Waals surface area contributed by atoms with Crippen LogP contribution in [0.1, 0.15) is 125 Å². The van der Waals surface area contributed by atoms with Gasteiger partial charge in [0.15, 0.2) is 0 Å². The second-order valence-corrected chi connectivity index (χ2v) is 18.5. The summed E-state index contributed by atoms with van der Waals surface area (Å²) >= 11 is 0. The van der Waals surface area contributed by atoms with Crippen molar-refractivity contribution in [1.82, 2.24) is 5.32 Å². The minimum Gasteiger partial charge on any atom is -0.481 e. The predicted octanol–water partition coefficient (Wildman–Crippen LogP) is 8.81. The highest BCUT2D eigenvalue weighted by molar-refractivity contribution is 8.76. The van der Waals surface area contributed by atoms with E-state index >= 15 is 0 Å². The molecule has 0 bridgehead atoms. The number of nitrogens with two attached hydrogens (primary N) is 1. The standard InChI is InChI=1S/C36H63N3O4S2/c1-24(2)8-6-9-25(3)29-13-14-30-28-12-11-26-22-27(15-17-35(26,4)31(28)16-18-36(29,30)5)43-34(42)39-20-19-38-32(37)10-7-21-44-45-23-33(40)41/h24-31H,6-23H2,1-5H3,(H2,37,38)(H,39,42)(H,40,41). The van der Waals surface area contributed by atoms with Gasteiger partial charge >= 0.3 is 12.1 Å². The van der Waals surface area contributed by atoms with Crippen LogP contribution < -0.4 is 11.1 Å². The summed E-state index contributed by atoms with van der Waals surface area (Å²) in [6.07, 6.45) is 17.0. The quantitative estimate of drug-likeness (QED) is 0.0653. The summed E-state index contributed by atoms with van der Waals surface area (Å²) in [6.45, 7) is 13.4. The predicted molar refractivity (Wildman–Crippen MR) is 190 cm³/mol. The number of aliphatic imine (C=N–C) groups is 1. The fourth-order valence-electron chi connectivity index (χ4n) is 10.4. The number of carboxylic acid groups (broad SMARTS) is 1. The summed E-state index contributed by atoms with van der Waals surface area (Å²) < 4.78 is 5.94. The molecular weight excluding hydrogens is 603 g/mol. The molecule has 4 aliphatic rings. The highest BCUT2D eigenvalue weighted by atomic mass is 33.1. The molecule has 9 heteroatoms. The van der Waals surface area contributed by atoms with Gasteiger partial charge in [0, 0.05) is 18.7 Å². The zero-order valence-corrected chi connectivity index (χ0v) is 30.5. The third-order valence-corrected chi connectivity index (χ3v) is 15.1. The average molecular weight is 666 g/mol. The largest absolute Gasteiger partial charge is 0.481 e. The van der Waals surface area contributed by atoms with E-state index in [1.165, 1.54) is 75.0 Å². The number of carbonyl (C=O) groups is 2. The average Bonchev–Trinajstić information content (AvgIpc) is 3.34. The maximum absolute atomic E-state index is 12.6. The van der Waals surface area contributed by atoms with Gasteiger partial charge in [-0.25, -0.2) is 4.79 Å². The third kappa shape index (κ3) is 9.51. The van der Waals surface area contributed by atoms with Crippen molar-refractivity contribution < 1.29 is 19.4 Å². The Hall–Kier alpha value is -1.09. The van der Waals surface area contributed by atoms with E-state index in [2.05, 4.69) is 44.9 Å². The van der Waals surface area contributed by atoms with E-state index in [1.807, 2.05) is 0 Å². The van der Waals surface area contributed by atoms with Crippen LogP contribution in [0, 0.1) is 52.3 Å². The van der Waals surface area contributed by atoms with Crippen LogP contribution in [0.15, 0.2) is 4.99 Å². The molecule has 4 saturated carbocycles. The first-order valence-corrected chi connectivity index (χ1v) is 20.6. The molecule has 0 aliphatic heterocycles. The number of carbonyl (C=O) groups excluding carboxylic acids is 1. The van der Waals surface area contributed by atoms with Crippen LogP contribution in [0.2, 0.25) is 0 Å². The molecule has 0 aromatic carbocycles. The number of alkyl carbamates (subject to hydrolysis) is 1. The summed E-state index contributed by atoms with van der Waals surface area (Å²) in [5.74, 6) is 6.60. The van der Waals surface area contributed by atoms with Crippen LogP contribution >= 0.6 is 21.6 Å². The molecule has 0 aromatic rings. The molecule has 0 heterocycles. The van der Waals surface area contributed by atoms with Gasteiger partial charge in [-0.1, -0.05) is 75.5 Å². The van der Waals surface area contributed by atoms with E-state index in [9.17, 15) is 9.59 Å². The van der Waals surface area contributed by atoms with Gasteiger partial charge in [0.25, 0.3) is 0 Å². The third-order valence-electron chi connectivity index (χ3n) is 12.7. The normalized spacial score (nSPS) is 35.3. The van der Waals surface area contributed by atoms with Crippen LogP contribution in [0.3, 0.4) is 0 Å². The Morgan fingerprint density at radius 2 is 1.73 bits per heavy atom. The maximum atomic E-state index is 12.6. The Morgan fingerprint density at radius 1 is 0.978 bits per heavy atom. The minimum absolute atomic E-state index is 0.0149. The Morgan fingerprint density at radius 3 is 2.49 bits per heavy atom. The van der Waals surface area contributed by atoms with Crippen molar-refractivity contribution in [3.8, 4) is 0 Å². The number of rotatable bonds is 16. The lowest BCUT2D eigenvalue weighted by Gasteiger charge is -2.61. The fourth-order valence-corrected chi connectivity index (χ4v) is 12.3. The lowest BCUT2D eigenvalue weighted by Crippen LogP contribution is -2.54. The molecule has 258 valence electrons. The van der Waals surface area contributed by atoms with Crippen molar-refractivity contribution >= 4 is 39.5 Å². The van der Waals surface area contributed by atoms with Crippen molar-refractivity contribution in [3.63, 3.8) is 0 Å². The second-order valence-electron chi connectivity index (χ2n) is 15.9. The van der Waals surface area contributed by atoms with Crippen LogP contribution in [-0.4, -0.2) is 53.7 Å². The van der Waals surface area contributed by atoms with Crippen molar-refractivity contribution in [2.45, 2.75) is 131 Å². The van der Waals surface area contributed by atoms with Crippen LogP contribution in [0.25, 0.3) is 0 Å². The highest BCUT2D eigenvalue weighted by Crippen LogP contribution is 2.68. The van der Waals surface area contributed by atoms with E-state index in [4.69, 9.17) is 15.6 Å². The molecule has 0 spiro atoms. The monoisotopic (exact) mass is 665 g/mol. The van der Waals surface area contributed by atoms with Crippen LogP contribution in [0.4, 0.5) is 4.79 Å². The Balaban J connectivity index is 1.18. The first-order valence-electron chi connectivity index (χ1n) is 18.1. The van der Waals surface area contributed by atoms with E-state index < -0.39 is 5.97 Å². The molecule has 0 aromatic heterocycles. The molecule has 4 rings (SSSR count). The van der Waals surface area contributed by atoms with Gasteiger partial charge in [0.1, 0.15) is 11.9 Å². The minimum atomic E-state index is -0.796. The number of carboxylic acids is 1. The Bertz CT molecular complexity index is 1010. The number of amides is 1. The summed E-state index contributed by atoms with van der Waals surface area (Å²) in [5.41, 5.74) is 6.93. The molecule has 4 aliphatic carbocycles. The number of fused-ring (bicyclic) bond motifs is 5. The van der Waals surface area contributed by atoms with E-state index in [0.29, 0.717) is 42.1 Å². The first kappa shape index (κ1) is 36.7. The van der Waals surface area contributed by atoms with Gasteiger partial charge in [0.05, 0.1) is 12.4 Å². The van der Waals surface area contributed by atoms with Crippen LogP contribution in [0.5, 0.6) is 0 Å². The zero-order valence-electron chi connectivity index (χ0n) is 28.9. The van der Waals surface area contributed by atoms with Gasteiger partial charge in [-0.3, -0.25) is 9.79 Å². The fraction of sp³-hybridized carbons (Fsp3) is 0.917. The zero-order chi connectivity index (χ0) is 32.6. The topological polar surface area (TPSA) is 114 Å². The smallest absolute Gasteiger partial charge is 0.407 e. The lowest BCUT2D eigenvalue weighted by atomic mass is 9.44. The summed E-state index contributed by atoms with van der Waals surface area (Å²) in [5, 5.41) is 11.6. The summed E-state index contributed by atoms with van der Waals surface area (Å²) in [4.78, 5) is 27.5. The number of aliphatic carboxylic acids is 1. The number of nitrogens with zero attached hydrogens (tertiary/aromatic N) is 1. The summed E-state index contributed by atoms with van der Waals surface area (Å²) in [6, 6.07) is 0. The Kier molecular flexibility index (Phi) is 13.7. The van der Waals surface area contributed by atoms with Crippen molar-refractivity contribution in [1.29, 1.82) is 0 Å². The number of hydrogen-bond donors (Lipinski definition) is 3. The number of nitrogens with one attached hydrogen (secondary N) is 1. The summed E-state index contributed by atoms with van der Waals surface area (Å²) in [7, 11) is 2.89. The van der Waals surface area contributed by atoms with Crippen LogP contribution in [-0.2, 0) is 9.53 Å². The van der Waals surface area contributed by atoms with Crippen molar-refractivity contribution in [2.24, 2.45) is 63.0 Å². The van der Waals surface area contributed by atoms with Crippen molar-refractivity contribution in [3.05, 3.63) is 0 Å². The molecule has 9 unspecified atom stereocenters. The SMILES string of the molecule is CC(C)CCCC(C)C1CCC2C3CCC4CC(OC(=O)NCCN=C(N)CCCSSCC(=O)O)CCC4(C)C3CCC12C. The Labute approximate surface area is 281 Å². The molecule has 1 amide bonds. The molecule has 4 fully saturated rings. The number of hydrogen-bond acceptors (Lipinski definition) is 6. The molecular formula is C36H63N3O4S2. The van der Waals surface area contributed by atoms with Gasteiger partial charge in [0.2, 0.25) is 0 Å². The van der Waals surface area contributed by atoms with Gasteiger partial charge in [-0.15, -0.1) is 0 Å². The van der Waals surface area contributed by atoms with Gasteiger partial charge in [-0.05, 0) is 116 Å². The molecule has 9 atom stereocenters. The molecule has 7 nitrogen and oxygen atoms in total. The van der Waals surface area contributed by atoms with Gasteiger partial charge in [-0.2, -0.15) is 0 Å². The van der Waals surface area contributed by atoms with E-state index in [-0.39, 0.29) is 18.0 Å².